The van der Waals surface area contributed by atoms with Crippen molar-refractivity contribution in [2.75, 3.05) is 5.73 Å². The molecule has 0 atom stereocenters. The lowest BCUT2D eigenvalue weighted by molar-refractivity contribution is 0.851. The maximum absolute atomic E-state index is 5.66. The highest BCUT2D eigenvalue weighted by atomic mass is 14.9. The van der Waals surface area contributed by atoms with E-state index in [0.717, 1.165) is 30.7 Å². The van der Waals surface area contributed by atoms with E-state index in [9.17, 15) is 0 Å². The van der Waals surface area contributed by atoms with Crippen molar-refractivity contribution >= 4 is 5.82 Å². The molecule has 0 aromatic carbocycles. The molecule has 0 aliphatic rings. The molecule has 3 nitrogen and oxygen atoms in total. The van der Waals surface area contributed by atoms with Crippen molar-refractivity contribution in [3.8, 4) is 0 Å². The summed E-state index contributed by atoms with van der Waals surface area (Å²) in [7, 11) is 0. The second-order valence-electron chi connectivity index (χ2n) is 2.80. The standard InChI is InChI=1S/C9H15N3/c1-3-5-8-9(10)11-6-7(4-2)12-8/h6H,3-5H2,1-2H3,(H2,10,11). The maximum atomic E-state index is 5.66. The summed E-state index contributed by atoms with van der Waals surface area (Å²) >= 11 is 0. The smallest absolute Gasteiger partial charge is 0.145 e. The minimum Gasteiger partial charge on any atom is -0.382 e. The monoisotopic (exact) mass is 165 g/mol. The van der Waals surface area contributed by atoms with Crippen molar-refractivity contribution in [2.45, 2.75) is 33.1 Å². The van der Waals surface area contributed by atoms with Crippen LogP contribution in [0.4, 0.5) is 5.82 Å². The zero-order valence-electron chi connectivity index (χ0n) is 7.67. The Morgan fingerprint density at radius 1 is 1.42 bits per heavy atom. The van der Waals surface area contributed by atoms with Gasteiger partial charge in [0.05, 0.1) is 17.6 Å². The summed E-state index contributed by atoms with van der Waals surface area (Å²) in [5.41, 5.74) is 7.62. The predicted octanol–water partition coefficient (Wildman–Crippen LogP) is 1.57. The summed E-state index contributed by atoms with van der Waals surface area (Å²) in [6.45, 7) is 4.18. The molecule has 1 heterocycles. The van der Waals surface area contributed by atoms with Crippen molar-refractivity contribution in [3.63, 3.8) is 0 Å². The van der Waals surface area contributed by atoms with Gasteiger partial charge in [-0.3, -0.25) is 4.98 Å². The molecule has 0 saturated heterocycles. The second kappa shape index (κ2) is 4.04. The van der Waals surface area contributed by atoms with Gasteiger partial charge in [-0.1, -0.05) is 20.3 Å². The zero-order chi connectivity index (χ0) is 8.97. The van der Waals surface area contributed by atoms with Gasteiger partial charge >= 0.3 is 0 Å². The Labute approximate surface area is 73.0 Å². The van der Waals surface area contributed by atoms with E-state index in [4.69, 9.17) is 5.73 Å². The Bertz CT molecular complexity index is 258. The third-order valence-electron chi connectivity index (χ3n) is 1.78. The molecule has 0 spiro atoms. The molecule has 0 bridgehead atoms. The van der Waals surface area contributed by atoms with Crippen LogP contribution in [0, 0.1) is 0 Å². The van der Waals surface area contributed by atoms with Gasteiger partial charge < -0.3 is 5.73 Å². The Morgan fingerprint density at radius 2 is 2.17 bits per heavy atom. The largest absolute Gasteiger partial charge is 0.382 e. The predicted molar refractivity (Wildman–Crippen MR) is 49.8 cm³/mol. The lowest BCUT2D eigenvalue weighted by Gasteiger charge is -2.03. The number of aromatic nitrogens is 2. The van der Waals surface area contributed by atoms with E-state index >= 15 is 0 Å². The first-order valence-electron chi connectivity index (χ1n) is 4.38. The molecule has 1 aromatic heterocycles. The number of hydrogen-bond acceptors (Lipinski definition) is 3. The first kappa shape index (κ1) is 8.97. The van der Waals surface area contributed by atoms with Crippen LogP contribution in [-0.2, 0) is 12.8 Å². The van der Waals surface area contributed by atoms with E-state index in [0.29, 0.717) is 5.82 Å². The van der Waals surface area contributed by atoms with E-state index in [2.05, 4.69) is 23.8 Å². The van der Waals surface area contributed by atoms with Crippen LogP contribution in [0.5, 0.6) is 0 Å². The van der Waals surface area contributed by atoms with Gasteiger partial charge in [0, 0.05) is 0 Å². The molecule has 0 saturated carbocycles. The Hall–Kier alpha value is -1.12. The van der Waals surface area contributed by atoms with E-state index < -0.39 is 0 Å². The van der Waals surface area contributed by atoms with E-state index in [1.807, 2.05) is 0 Å². The number of nitrogens with zero attached hydrogens (tertiary/aromatic N) is 2. The number of nitrogen functional groups attached to an aromatic ring is 1. The van der Waals surface area contributed by atoms with Crippen molar-refractivity contribution < 1.29 is 0 Å². The van der Waals surface area contributed by atoms with Gasteiger partial charge in [0.25, 0.3) is 0 Å². The van der Waals surface area contributed by atoms with E-state index in [1.165, 1.54) is 0 Å². The Kier molecular flexibility index (Phi) is 3.02. The number of nitrogens with two attached hydrogens (primary N) is 1. The molecule has 0 amide bonds. The van der Waals surface area contributed by atoms with Crippen molar-refractivity contribution in [1.29, 1.82) is 0 Å². The third-order valence-corrected chi connectivity index (χ3v) is 1.78. The van der Waals surface area contributed by atoms with Gasteiger partial charge in [-0.15, -0.1) is 0 Å². The minimum absolute atomic E-state index is 0.578. The fraction of sp³-hybridized carbons (Fsp3) is 0.556. The van der Waals surface area contributed by atoms with Crippen LogP contribution in [-0.4, -0.2) is 9.97 Å². The fourth-order valence-corrected chi connectivity index (χ4v) is 1.07. The minimum atomic E-state index is 0.578. The third kappa shape index (κ3) is 1.94. The van der Waals surface area contributed by atoms with Crippen LogP contribution >= 0.6 is 0 Å². The van der Waals surface area contributed by atoms with Crippen molar-refractivity contribution in [3.05, 3.63) is 17.6 Å². The summed E-state index contributed by atoms with van der Waals surface area (Å²) in [6, 6.07) is 0. The molecule has 0 aliphatic carbocycles. The molecule has 0 radical (unpaired) electrons. The van der Waals surface area contributed by atoms with Crippen LogP contribution in [0.2, 0.25) is 0 Å². The quantitative estimate of drug-likeness (QED) is 0.739. The molecule has 0 aliphatic heterocycles. The van der Waals surface area contributed by atoms with Crippen LogP contribution in [0.3, 0.4) is 0 Å². The lowest BCUT2D eigenvalue weighted by Crippen LogP contribution is -2.03. The molecular weight excluding hydrogens is 150 g/mol. The second-order valence-corrected chi connectivity index (χ2v) is 2.80. The SMILES string of the molecule is CCCc1nc(CC)cnc1N. The highest BCUT2D eigenvalue weighted by molar-refractivity contribution is 5.34. The van der Waals surface area contributed by atoms with Gasteiger partial charge in [0.2, 0.25) is 0 Å². The van der Waals surface area contributed by atoms with Crippen LogP contribution in [0.15, 0.2) is 6.20 Å². The summed E-state index contributed by atoms with van der Waals surface area (Å²) in [6.07, 6.45) is 4.65. The number of aryl methyl sites for hydroxylation is 2. The maximum Gasteiger partial charge on any atom is 0.145 e. The van der Waals surface area contributed by atoms with Crippen LogP contribution in [0.25, 0.3) is 0 Å². The molecule has 1 aromatic rings. The van der Waals surface area contributed by atoms with Crippen LogP contribution < -0.4 is 5.73 Å². The summed E-state index contributed by atoms with van der Waals surface area (Å²) < 4.78 is 0. The number of anilines is 1. The molecular formula is C9H15N3. The number of hydrogen-bond donors (Lipinski definition) is 1. The van der Waals surface area contributed by atoms with Gasteiger partial charge in [-0.25, -0.2) is 4.98 Å². The molecule has 3 heteroatoms. The van der Waals surface area contributed by atoms with Crippen LogP contribution in [0.1, 0.15) is 31.7 Å². The van der Waals surface area contributed by atoms with E-state index in [1.54, 1.807) is 6.20 Å². The van der Waals surface area contributed by atoms with Crippen molar-refractivity contribution in [1.82, 2.24) is 9.97 Å². The van der Waals surface area contributed by atoms with Gasteiger partial charge in [-0.2, -0.15) is 0 Å². The average Bonchev–Trinajstić information content (AvgIpc) is 2.09. The Morgan fingerprint density at radius 3 is 2.75 bits per heavy atom. The molecule has 2 N–H and O–H groups in total. The topological polar surface area (TPSA) is 51.8 Å². The summed E-state index contributed by atoms with van der Waals surface area (Å²) in [5, 5.41) is 0. The molecule has 12 heavy (non-hydrogen) atoms. The van der Waals surface area contributed by atoms with Gasteiger partial charge in [-0.05, 0) is 12.8 Å². The van der Waals surface area contributed by atoms with Crippen molar-refractivity contribution in [2.24, 2.45) is 0 Å². The Balaban J connectivity index is 2.91. The molecule has 1 rings (SSSR count). The first-order chi connectivity index (χ1) is 5.77. The molecule has 0 fully saturated rings. The highest BCUT2D eigenvalue weighted by Crippen LogP contribution is 2.08. The normalized spacial score (nSPS) is 10.2. The fourth-order valence-electron chi connectivity index (χ4n) is 1.07. The summed E-state index contributed by atoms with van der Waals surface area (Å²) in [4.78, 5) is 8.48. The highest BCUT2D eigenvalue weighted by Gasteiger charge is 2.01. The zero-order valence-corrected chi connectivity index (χ0v) is 7.67. The molecule has 0 unspecified atom stereocenters. The lowest BCUT2D eigenvalue weighted by atomic mass is 10.2. The molecule has 66 valence electrons. The van der Waals surface area contributed by atoms with Gasteiger partial charge in [0.1, 0.15) is 5.82 Å². The van der Waals surface area contributed by atoms with E-state index in [-0.39, 0.29) is 0 Å². The summed E-state index contributed by atoms with van der Waals surface area (Å²) in [5.74, 6) is 0.578. The average molecular weight is 165 g/mol. The first-order valence-corrected chi connectivity index (χ1v) is 4.38. The van der Waals surface area contributed by atoms with Gasteiger partial charge in [0.15, 0.2) is 0 Å². The number of rotatable bonds is 3.